The molecule has 1 fully saturated rings. The SMILES string of the molecule is COc1ccc(C)c2sc(N3CCN(C(=O)c4ccc(C(C)(C)C)cc4)CC3)nc12. The molecule has 3 aromatic rings. The second kappa shape index (κ2) is 7.91. The zero-order chi connectivity index (χ0) is 21.5. The van der Waals surface area contributed by atoms with Crippen molar-refractivity contribution in [3.05, 3.63) is 53.1 Å². The second-order valence-electron chi connectivity index (χ2n) is 8.87. The zero-order valence-corrected chi connectivity index (χ0v) is 19.2. The van der Waals surface area contributed by atoms with Crippen LogP contribution in [0.4, 0.5) is 5.13 Å². The molecule has 0 N–H and O–H groups in total. The van der Waals surface area contributed by atoms with Gasteiger partial charge >= 0.3 is 0 Å². The summed E-state index contributed by atoms with van der Waals surface area (Å²) in [5, 5.41) is 0.999. The van der Waals surface area contributed by atoms with Gasteiger partial charge in [0.05, 0.1) is 11.8 Å². The Hall–Kier alpha value is -2.60. The lowest BCUT2D eigenvalue weighted by atomic mass is 9.86. The number of carbonyl (C=O) groups excluding carboxylic acids is 1. The molecule has 1 aliphatic heterocycles. The number of amides is 1. The quantitative estimate of drug-likeness (QED) is 0.603. The Balaban J connectivity index is 1.45. The Kier molecular flexibility index (Phi) is 5.45. The summed E-state index contributed by atoms with van der Waals surface area (Å²) in [4.78, 5) is 22.0. The first-order valence-corrected chi connectivity index (χ1v) is 11.2. The largest absolute Gasteiger partial charge is 0.494 e. The number of methoxy groups -OCH3 is 1. The summed E-state index contributed by atoms with van der Waals surface area (Å²) >= 11 is 1.70. The highest BCUT2D eigenvalue weighted by atomic mass is 32.1. The average Bonchev–Trinajstić information content (AvgIpc) is 3.20. The molecule has 4 rings (SSSR count). The number of rotatable bonds is 3. The van der Waals surface area contributed by atoms with Gasteiger partial charge in [-0.2, -0.15) is 0 Å². The number of aromatic nitrogens is 1. The summed E-state index contributed by atoms with van der Waals surface area (Å²) in [6.07, 6.45) is 0. The highest BCUT2D eigenvalue weighted by Gasteiger charge is 2.25. The maximum atomic E-state index is 13.0. The molecule has 2 aromatic carbocycles. The van der Waals surface area contributed by atoms with Gasteiger partial charge in [-0.15, -0.1) is 0 Å². The Morgan fingerprint density at radius 3 is 2.30 bits per heavy atom. The smallest absolute Gasteiger partial charge is 0.253 e. The van der Waals surface area contributed by atoms with E-state index in [4.69, 9.17) is 9.72 Å². The minimum Gasteiger partial charge on any atom is -0.494 e. The van der Waals surface area contributed by atoms with Crippen LogP contribution in [0.15, 0.2) is 36.4 Å². The molecule has 5 nitrogen and oxygen atoms in total. The molecule has 0 aliphatic carbocycles. The summed E-state index contributed by atoms with van der Waals surface area (Å²) in [5.41, 5.74) is 4.23. The van der Waals surface area contributed by atoms with E-state index in [1.807, 2.05) is 23.1 Å². The molecule has 0 bridgehead atoms. The van der Waals surface area contributed by atoms with E-state index in [2.05, 4.69) is 50.8 Å². The van der Waals surface area contributed by atoms with Crippen molar-refractivity contribution >= 4 is 32.6 Å². The van der Waals surface area contributed by atoms with Crippen LogP contribution in [0.5, 0.6) is 5.75 Å². The van der Waals surface area contributed by atoms with Gasteiger partial charge in [0.15, 0.2) is 5.13 Å². The molecule has 6 heteroatoms. The monoisotopic (exact) mass is 423 g/mol. The summed E-state index contributed by atoms with van der Waals surface area (Å²) in [6.45, 7) is 11.6. The third kappa shape index (κ3) is 3.88. The Labute approximate surface area is 182 Å². The standard InChI is InChI=1S/C24H29N3O2S/c1-16-6-11-19(29-5)20-21(16)30-23(25-20)27-14-12-26(13-15-27)22(28)17-7-9-18(10-8-17)24(2,3)4/h6-11H,12-15H2,1-5H3. The van der Waals surface area contributed by atoms with Gasteiger partial charge in [-0.3, -0.25) is 4.79 Å². The Morgan fingerprint density at radius 1 is 1.03 bits per heavy atom. The predicted octanol–water partition coefficient (Wildman–Crippen LogP) is 4.87. The van der Waals surface area contributed by atoms with Crippen LogP contribution in [-0.4, -0.2) is 49.1 Å². The first kappa shape index (κ1) is 20.7. The van der Waals surface area contributed by atoms with Crippen molar-refractivity contribution in [1.29, 1.82) is 0 Å². The lowest BCUT2D eigenvalue weighted by molar-refractivity contribution is 0.0746. The van der Waals surface area contributed by atoms with E-state index in [0.717, 1.165) is 35.1 Å². The number of hydrogen-bond acceptors (Lipinski definition) is 5. The van der Waals surface area contributed by atoms with Crippen LogP contribution in [0.25, 0.3) is 10.2 Å². The van der Waals surface area contributed by atoms with E-state index in [-0.39, 0.29) is 11.3 Å². The van der Waals surface area contributed by atoms with Gasteiger partial charge in [0.2, 0.25) is 0 Å². The Morgan fingerprint density at radius 2 is 1.70 bits per heavy atom. The number of piperazine rings is 1. The van der Waals surface area contributed by atoms with Crippen LogP contribution in [0.3, 0.4) is 0 Å². The number of carbonyl (C=O) groups is 1. The van der Waals surface area contributed by atoms with E-state index in [1.165, 1.54) is 15.8 Å². The molecule has 0 unspecified atom stereocenters. The van der Waals surface area contributed by atoms with Crippen LogP contribution in [0.2, 0.25) is 0 Å². The molecule has 0 radical (unpaired) electrons. The van der Waals surface area contributed by atoms with Crippen LogP contribution in [0, 0.1) is 6.92 Å². The third-order valence-electron chi connectivity index (χ3n) is 5.75. The van der Waals surface area contributed by atoms with Gasteiger partial charge in [0, 0.05) is 31.7 Å². The topological polar surface area (TPSA) is 45.7 Å². The van der Waals surface area contributed by atoms with Crippen molar-refractivity contribution in [3.63, 3.8) is 0 Å². The fourth-order valence-corrected chi connectivity index (χ4v) is 4.90. The van der Waals surface area contributed by atoms with Crippen molar-refractivity contribution in [2.75, 3.05) is 38.2 Å². The van der Waals surface area contributed by atoms with Gasteiger partial charge in [-0.1, -0.05) is 50.3 Å². The minimum absolute atomic E-state index is 0.0888. The van der Waals surface area contributed by atoms with E-state index in [1.54, 1.807) is 18.4 Å². The molecule has 0 atom stereocenters. The number of fused-ring (bicyclic) bond motifs is 1. The molecule has 30 heavy (non-hydrogen) atoms. The zero-order valence-electron chi connectivity index (χ0n) is 18.4. The number of benzene rings is 2. The summed E-state index contributed by atoms with van der Waals surface area (Å²) in [5.74, 6) is 0.919. The van der Waals surface area contributed by atoms with Gasteiger partial charge in [0.25, 0.3) is 5.91 Å². The molecule has 158 valence electrons. The van der Waals surface area contributed by atoms with Gasteiger partial charge < -0.3 is 14.5 Å². The number of thiazole rings is 1. The second-order valence-corrected chi connectivity index (χ2v) is 9.84. The summed E-state index contributed by atoms with van der Waals surface area (Å²) in [7, 11) is 1.68. The van der Waals surface area contributed by atoms with Crippen molar-refractivity contribution in [2.24, 2.45) is 0 Å². The lowest BCUT2D eigenvalue weighted by Crippen LogP contribution is -2.48. The van der Waals surface area contributed by atoms with E-state index in [0.29, 0.717) is 13.1 Å². The molecule has 0 spiro atoms. The third-order valence-corrected chi connectivity index (χ3v) is 7.00. The number of anilines is 1. The fraction of sp³-hybridized carbons (Fsp3) is 0.417. The molecular formula is C24H29N3O2S. The normalized spacial score (nSPS) is 15.0. The van der Waals surface area contributed by atoms with Crippen molar-refractivity contribution in [2.45, 2.75) is 33.1 Å². The first-order valence-electron chi connectivity index (χ1n) is 10.4. The predicted molar refractivity (Wildman–Crippen MR) is 124 cm³/mol. The lowest BCUT2D eigenvalue weighted by Gasteiger charge is -2.34. The van der Waals surface area contributed by atoms with Crippen molar-refractivity contribution < 1.29 is 9.53 Å². The molecule has 1 aliphatic rings. The van der Waals surface area contributed by atoms with Gasteiger partial charge in [0.1, 0.15) is 11.3 Å². The van der Waals surface area contributed by atoms with Crippen LogP contribution < -0.4 is 9.64 Å². The van der Waals surface area contributed by atoms with E-state index in [9.17, 15) is 4.79 Å². The number of hydrogen-bond donors (Lipinski definition) is 0. The van der Waals surface area contributed by atoms with Crippen molar-refractivity contribution in [3.8, 4) is 5.75 Å². The molecule has 2 heterocycles. The summed E-state index contributed by atoms with van der Waals surface area (Å²) < 4.78 is 6.65. The highest BCUT2D eigenvalue weighted by molar-refractivity contribution is 7.22. The average molecular weight is 424 g/mol. The minimum atomic E-state index is 0.0888. The van der Waals surface area contributed by atoms with Gasteiger partial charge in [-0.05, 0) is 41.7 Å². The molecular weight excluding hydrogens is 394 g/mol. The maximum Gasteiger partial charge on any atom is 0.253 e. The molecule has 1 amide bonds. The van der Waals surface area contributed by atoms with Crippen molar-refractivity contribution in [1.82, 2.24) is 9.88 Å². The fourth-order valence-electron chi connectivity index (χ4n) is 3.79. The van der Waals surface area contributed by atoms with Crippen LogP contribution in [0.1, 0.15) is 42.3 Å². The first-order chi connectivity index (χ1) is 14.3. The maximum absolute atomic E-state index is 13.0. The molecule has 1 aromatic heterocycles. The Bertz CT molecular complexity index is 1060. The van der Waals surface area contributed by atoms with Crippen LogP contribution >= 0.6 is 11.3 Å². The van der Waals surface area contributed by atoms with E-state index >= 15 is 0 Å². The number of ether oxygens (including phenoxy) is 1. The van der Waals surface area contributed by atoms with Gasteiger partial charge in [-0.25, -0.2) is 4.98 Å². The van der Waals surface area contributed by atoms with Crippen LogP contribution in [-0.2, 0) is 5.41 Å². The molecule has 1 saturated heterocycles. The highest BCUT2D eigenvalue weighted by Crippen LogP contribution is 2.36. The van der Waals surface area contributed by atoms with E-state index < -0.39 is 0 Å². The number of aryl methyl sites for hydroxylation is 1. The number of nitrogens with zero attached hydrogens (tertiary/aromatic N) is 3. The molecule has 0 saturated carbocycles. The summed E-state index contributed by atoms with van der Waals surface area (Å²) in [6, 6.07) is 12.1.